The Balaban J connectivity index is 0.00000532. The molecule has 0 radical (unpaired) electrons. The number of anilines is 1. The van der Waals surface area contributed by atoms with E-state index in [9.17, 15) is 25.9 Å². The third-order valence-electron chi connectivity index (χ3n) is 11.4. The topological polar surface area (TPSA) is 115 Å². The number of fused-ring (bicyclic) bond motifs is 6. The van der Waals surface area contributed by atoms with Crippen LogP contribution in [-0.4, -0.2) is 60.8 Å². The second kappa shape index (κ2) is 15.9. The van der Waals surface area contributed by atoms with E-state index in [1.807, 2.05) is 24.3 Å². The van der Waals surface area contributed by atoms with E-state index < -0.39 is 31.1 Å². The molecule has 0 saturated heterocycles. The van der Waals surface area contributed by atoms with Crippen LogP contribution in [0.15, 0.2) is 119 Å². The normalized spacial score (nSPS) is 19.4. The second-order valence-electron chi connectivity index (χ2n) is 15.8. The van der Waals surface area contributed by atoms with Crippen molar-refractivity contribution in [1.82, 2.24) is 0 Å². The molecule has 0 atom stereocenters. The summed E-state index contributed by atoms with van der Waals surface area (Å²) in [7, 11) is -8.21. The highest BCUT2D eigenvalue weighted by Crippen LogP contribution is 2.51. The molecule has 4 aromatic rings. The summed E-state index contributed by atoms with van der Waals surface area (Å²) in [6.45, 7) is 9.63. The van der Waals surface area contributed by atoms with Crippen LogP contribution in [0.5, 0.6) is 0 Å². The van der Waals surface area contributed by atoms with Gasteiger partial charge in [0.2, 0.25) is 5.69 Å². The fraction of sp³-hybridized carbons (Fsp3) is 0.341. The zero-order valence-electron chi connectivity index (χ0n) is 32.1. The van der Waals surface area contributed by atoms with Crippen LogP contribution in [0.4, 0.5) is 11.4 Å². The lowest BCUT2D eigenvalue weighted by Crippen LogP contribution is -3.00. The molecule has 0 saturated carbocycles. The van der Waals surface area contributed by atoms with Crippen molar-refractivity contribution in [3.05, 3.63) is 130 Å². The SMILES string of the molecule is CC1(C)C(/C=C/C2=C(Cl)C(=C/C=C3/N(CCCS(=O)(=O)O)c4ccc5ccccc5c4C3(C)C)/CCC2)=[N+](CCCS(=O)(=O)O)c2ccc3ccccc3c21.[Cl-]. The fourth-order valence-electron chi connectivity index (χ4n) is 8.93. The smallest absolute Gasteiger partial charge is 0.265 e. The van der Waals surface area contributed by atoms with Gasteiger partial charge < -0.3 is 17.3 Å². The average molecular weight is 836 g/mol. The summed E-state index contributed by atoms with van der Waals surface area (Å²) in [6, 6.07) is 25.0. The predicted molar refractivity (Wildman–Crippen MR) is 225 cm³/mol. The van der Waals surface area contributed by atoms with Gasteiger partial charge >= 0.3 is 0 Å². The molecule has 0 unspecified atom stereocenters. The summed E-state index contributed by atoms with van der Waals surface area (Å²) in [5, 5.41) is 5.28. The minimum atomic E-state index is -4.10. The number of rotatable bonds is 11. The van der Waals surface area contributed by atoms with E-state index in [4.69, 9.17) is 11.6 Å². The zero-order valence-corrected chi connectivity index (χ0v) is 35.2. The van der Waals surface area contributed by atoms with E-state index in [1.165, 1.54) is 11.1 Å². The van der Waals surface area contributed by atoms with E-state index in [0.29, 0.717) is 18.1 Å². The van der Waals surface area contributed by atoms with Crippen LogP contribution in [0, 0.1) is 0 Å². The molecule has 3 aliphatic rings. The van der Waals surface area contributed by atoms with Gasteiger partial charge in [-0.15, -0.1) is 0 Å². The molecule has 0 spiro atoms. The van der Waals surface area contributed by atoms with Crippen LogP contribution < -0.4 is 17.3 Å². The lowest BCUT2D eigenvalue weighted by atomic mass is 9.78. The third kappa shape index (κ3) is 8.15. The van der Waals surface area contributed by atoms with Crippen molar-refractivity contribution in [2.24, 2.45) is 0 Å². The molecule has 7 rings (SSSR count). The molecule has 1 aliphatic carbocycles. The van der Waals surface area contributed by atoms with Crippen molar-refractivity contribution >= 4 is 70.5 Å². The Hall–Kier alpha value is -3.77. The third-order valence-corrected chi connectivity index (χ3v) is 13.5. The van der Waals surface area contributed by atoms with Crippen LogP contribution in [0.3, 0.4) is 0 Å². The van der Waals surface area contributed by atoms with Crippen LogP contribution in [0.1, 0.15) is 70.9 Å². The van der Waals surface area contributed by atoms with Crippen LogP contribution >= 0.6 is 11.6 Å². The highest BCUT2D eigenvalue weighted by atomic mass is 35.5. The van der Waals surface area contributed by atoms with Gasteiger partial charge in [0.05, 0.1) is 16.9 Å². The summed E-state index contributed by atoms with van der Waals surface area (Å²) in [6.07, 6.45) is 11.5. The first-order valence-electron chi connectivity index (χ1n) is 18.8. The molecule has 296 valence electrons. The van der Waals surface area contributed by atoms with Gasteiger partial charge in [0.1, 0.15) is 6.54 Å². The predicted octanol–water partition coefficient (Wildman–Crippen LogP) is 6.77. The summed E-state index contributed by atoms with van der Waals surface area (Å²) in [5.74, 6) is -0.638. The second-order valence-corrected chi connectivity index (χ2v) is 19.4. The lowest BCUT2D eigenvalue weighted by molar-refractivity contribution is -0.437. The summed E-state index contributed by atoms with van der Waals surface area (Å²) >= 11 is 7.24. The minimum absolute atomic E-state index is 0. The van der Waals surface area contributed by atoms with Gasteiger partial charge in [0.15, 0.2) is 5.71 Å². The molecular formula is C44H48Cl2N2O6S2. The summed E-state index contributed by atoms with van der Waals surface area (Å²) in [5.41, 5.74) is 7.72. The molecule has 2 aliphatic heterocycles. The van der Waals surface area contributed by atoms with Crippen molar-refractivity contribution in [1.29, 1.82) is 0 Å². The molecule has 0 aromatic heterocycles. The van der Waals surface area contributed by atoms with Crippen LogP contribution in [0.25, 0.3) is 21.5 Å². The highest BCUT2D eigenvalue weighted by Gasteiger charge is 2.46. The Labute approximate surface area is 341 Å². The van der Waals surface area contributed by atoms with E-state index in [2.05, 4.69) is 110 Å². The fourth-order valence-corrected chi connectivity index (χ4v) is 10.2. The molecule has 2 N–H and O–H groups in total. The average Bonchev–Trinajstić information content (AvgIpc) is 3.47. The van der Waals surface area contributed by atoms with E-state index in [0.717, 1.165) is 74.7 Å². The van der Waals surface area contributed by atoms with Crippen LogP contribution in [-0.2, 0) is 31.1 Å². The Morgan fingerprint density at radius 2 is 1.36 bits per heavy atom. The van der Waals surface area contributed by atoms with Crippen molar-refractivity contribution in [3.63, 3.8) is 0 Å². The zero-order chi connectivity index (χ0) is 39.3. The first-order valence-corrected chi connectivity index (χ1v) is 22.4. The maximum absolute atomic E-state index is 11.7. The maximum Gasteiger partial charge on any atom is 0.265 e. The highest BCUT2D eigenvalue weighted by molar-refractivity contribution is 7.86. The van der Waals surface area contributed by atoms with Gasteiger partial charge in [-0.25, -0.2) is 0 Å². The lowest BCUT2D eigenvalue weighted by Gasteiger charge is -2.27. The molecule has 4 aromatic carbocycles. The quantitative estimate of drug-likeness (QED) is 0.127. The molecule has 8 nitrogen and oxygen atoms in total. The van der Waals surface area contributed by atoms with Gasteiger partial charge in [0.25, 0.3) is 20.2 Å². The first-order chi connectivity index (χ1) is 26.0. The number of halogens is 2. The van der Waals surface area contributed by atoms with Crippen molar-refractivity contribution in [3.8, 4) is 0 Å². The van der Waals surface area contributed by atoms with E-state index in [-0.39, 0.29) is 36.8 Å². The Morgan fingerprint density at radius 3 is 2.02 bits per heavy atom. The maximum atomic E-state index is 11.7. The molecule has 0 amide bonds. The molecular weight excluding hydrogens is 788 g/mol. The molecule has 12 heteroatoms. The van der Waals surface area contributed by atoms with Gasteiger partial charge in [-0.2, -0.15) is 21.4 Å². The standard InChI is InChI=1S/C44H47ClN2O6S2.ClH/c1-43(2)38(46(26-10-28-54(48,49)50)36-22-18-30-12-5-7-16-34(30)40(36)43)24-20-32-14-9-15-33(42(32)45)21-25-39-44(3,4)41-35-17-8-6-13-31(35)19-23-37(41)47(39)27-11-29-55(51,52)53;/h5-8,12-13,16-25H,9-11,14-15,26-29H2,1-4H3,(H-,48,49,50,51,52,53);1H. The first kappa shape index (κ1) is 41.9. The number of allylic oxidation sites excluding steroid dienone is 8. The largest absolute Gasteiger partial charge is 1.00 e. The molecule has 0 fully saturated rings. The number of nitrogens with zero attached hydrogens (tertiary/aromatic N) is 2. The van der Waals surface area contributed by atoms with Crippen molar-refractivity contribution < 1.29 is 42.9 Å². The molecule has 2 heterocycles. The summed E-state index contributed by atoms with van der Waals surface area (Å²) < 4.78 is 67.9. The van der Waals surface area contributed by atoms with Crippen molar-refractivity contribution in [2.75, 3.05) is 29.5 Å². The Bertz CT molecular complexity index is 2600. The number of benzene rings is 4. The molecule has 0 bridgehead atoms. The van der Waals surface area contributed by atoms with E-state index in [1.54, 1.807) is 0 Å². The van der Waals surface area contributed by atoms with E-state index >= 15 is 0 Å². The Morgan fingerprint density at radius 1 is 0.750 bits per heavy atom. The van der Waals surface area contributed by atoms with Gasteiger partial charge in [-0.1, -0.05) is 92.2 Å². The Kier molecular flexibility index (Phi) is 11.9. The van der Waals surface area contributed by atoms with Crippen molar-refractivity contribution in [2.45, 2.75) is 70.6 Å². The van der Waals surface area contributed by atoms with Gasteiger partial charge in [-0.05, 0) is 96.0 Å². The number of hydrogen-bond donors (Lipinski definition) is 2. The summed E-state index contributed by atoms with van der Waals surface area (Å²) in [4.78, 5) is 2.18. The molecule has 56 heavy (non-hydrogen) atoms. The minimum Gasteiger partial charge on any atom is -1.00 e. The number of hydrogen-bond acceptors (Lipinski definition) is 5. The van der Waals surface area contributed by atoms with Crippen LogP contribution in [0.2, 0.25) is 0 Å². The van der Waals surface area contributed by atoms with Gasteiger partial charge in [-0.3, -0.25) is 9.11 Å². The van der Waals surface area contributed by atoms with Gasteiger partial charge in [0, 0.05) is 52.5 Å². The monoisotopic (exact) mass is 834 g/mol.